The van der Waals surface area contributed by atoms with E-state index in [1.807, 2.05) is 19.9 Å². The zero-order chi connectivity index (χ0) is 12.0. The number of likely N-dealkylation sites (N-methyl/N-ethyl adjacent to an activating group) is 1. The fraction of sp³-hybridized carbons (Fsp3) is 0.667. The second-order valence-corrected chi connectivity index (χ2v) is 4.11. The first-order valence-electron chi connectivity index (χ1n) is 6.05. The largest absolute Gasteiger partial charge is 0.349 e. The maximum absolute atomic E-state index is 4.35. The van der Waals surface area contributed by atoms with E-state index in [-0.39, 0.29) is 0 Å². The van der Waals surface area contributed by atoms with Gasteiger partial charge in [0.05, 0.1) is 26.2 Å². The van der Waals surface area contributed by atoms with Crippen LogP contribution >= 0.6 is 0 Å². The summed E-state index contributed by atoms with van der Waals surface area (Å²) >= 11 is 0. The molecule has 2 N–H and O–H groups in total. The summed E-state index contributed by atoms with van der Waals surface area (Å²) in [6.07, 6.45) is 0. The van der Waals surface area contributed by atoms with Gasteiger partial charge in [-0.15, -0.1) is 0 Å². The topological polar surface area (TPSA) is 42.2 Å². The predicted octanol–water partition coefficient (Wildman–Crippen LogP) is 0.430. The number of quaternary nitrogens is 1. The maximum Gasteiger partial charge on any atom is 0.223 e. The third-order valence-corrected chi connectivity index (χ3v) is 2.74. The highest BCUT2D eigenvalue weighted by molar-refractivity contribution is 5.27. The van der Waals surface area contributed by atoms with Crippen molar-refractivity contribution in [3.05, 3.63) is 17.5 Å². The van der Waals surface area contributed by atoms with Gasteiger partial charge >= 0.3 is 0 Å². The minimum atomic E-state index is 0.754. The molecule has 0 amide bonds. The molecule has 4 heteroatoms. The van der Waals surface area contributed by atoms with Gasteiger partial charge < -0.3 is 10.2 Å². The van der Waals surface area contributed by atoms with Gasteiger partial charge in [0.2, 0.25) is 5.95 Å². The molecule has 0 fully saturated rings. The summed E-state index contributed by atoms with van der Waals surface area (Å²) < 4.78 is 0. The number of nitrogens with one attached hydrogen (secondary N) is 2. The van der Waals surface area contributed by atoms with Crippen LogP contribution < -0.4 is 10.2 Å². The molecule has 0 bridgehead atoms. The first-order valence-corrected chi connectivity index (χ1v) is 6.05. The standard InChI is InChI=1S/C12H22N4/c1-5-16(6-2)8-7-13-12-14-10(3)9-11(4)15-12/h9H,5-8H2,1-4H3,(H,13,14,15)/p+1. The lowest BCUT2D eigenvalue weighted by Crippen LogP contribution is -3.12. The first-order chi connectivity index (χ1) is 7.65. The molecule has 0 aliphatic carbocycles. The van der Waals surface area contributed by atoms with Crippen LogP contribution in [0.3, 0.4) is 0 Å². The summed E-state index contributed by atoms with van der Waals surface area (Å²) in [5.74, 6) is 0.754. The molecule has 90 valence electrons. The molecule has 1 aromatic rings. The number of aromatic nitrogens is 2. The van der Waals surface area contributed by atoms with Crippen molar-refractivity contribution < 1.29 is 4.90 Å². The zero-order valence-electron chi connectivity index (χ0n) is 10.8. The Bertz CT molecular complexity index is 301. The van der Waals surface area contributed by atoms with Gasteiger partial charge in [0.25, 0.3) is 0 Å². The van der Waals surface area contributed by atoms with Crippen LogP contribution in [0, 0.1) is 13.8 Å². The average Bonchev–Trinajstić information content (AvgIpc) is 2.23. The molecule has 0 aliphatic rings. The molecule has 0 unspecified atom stereocenters. The first kappa shape index (κ1) is 12.9. The Morgan fingerprint density at radius 1 is 1.12 bits per heavy atom. The minimum absolute atomic E-state index is 0.754. The van der Waals surface area contributed by atoms with E-state index in [0.29, 0.717) is 0 Å². The van der Waals surface area contributed by atoms with Crippen molar-refractivity contribution in [1.29, 1.82) is 0 Å². The van der Waals surface area contributed by atoms with E-state index in [0.717, 1.165) is 30.4 Å². The van der Waals surface area contributed by atoms with Crippen molar-refractivity contribution in [3.8, 4) is 0 Å². The van der Waals surface area contributed by atoms with Crippen LogP contribution in [0.15, 0.2) is 6.07 Å². The normalized spacial score (nSPS) is 10.8. The monoisotopic (exact) mass is 223 g/mol. The number of aryl methyl sites for hydroxylation is 2. The van der Waals surface area contributed by atoms with Crippen LogP contribution in [0.4, 0.5) is 5.95 Å². The van der Waals surface area contributed by atoms with Crippen LogP contribution in [0.2, 0.25) is 0 Å². The Morgan fingerprint density at radius 2 is 1.69 bits per heavy atom. The van der Waals surface area contributed by atoms with Gasteiger partial charge in [0.1, 0.15) is 0 Å². The third kappa shape index (κ3) is 4.14. The number of hydrogen-bond acceptors (Lipinski definition) is 3. The summed E-state index contributed by atoms with van der Waals surface area (Å²) in [5, 5.41) is 3.28. The lowest BCUT2D eigenvalue weighted by molar-refractivity contribution is -0.894. The Balaban J connectivity index is 2.42. The fourth-order valence-corrected chi connectivity index (χ4v) is 1.76. The van der Waals surface area contributed by atoms with Gasteiger partial charge in [0.15, 0.2) is 0 Å². The molecule has 1 aromatic heterocycles. The second-order valence-electron chi connectivity index (χ2n) is 4.11. The van der Waals surface area contributed by atoms with Gasteiger partial charge in [-0.3, -0.25) is 0 Å². The van der Waals surface area contributed by atoms with E-state index in [9.17, 15) is 0 Å². The number of anilines is 1. The molecule has 0 saturated heterocycles. The molecule has 0 radical (unpaired) electrons. The van der Waals surface area contributed by atoms with Crippen LogP contribution in [-0.4, -0.2) is 36.1 Å². The zero-order valence-corrected chi connectivity index (χ0v) is 10.8. The molecule has 0 aromatic carbocycles. The lowest BCUT2D eigenvalue weighted by atomic mass is 10.3. The molecule has 0 spiro atoms. The number of nitrogens with zero attached hydrogens (tertiary/aromatic N) is 2. The summed E-state index contributed by atoms with van der Waals surface area (Å²) in [4.78, 5) is 10.3. The van der Waals surface area contributed by atoms with E-state index in [1.165, 1.54) is 13.1 Å². The molecule has 1 heterocycles. The Labute approximate surface area is 98.1 Å². The summed E-state index contributed by atoms with van der Waals surface area (Å²) in [7, 11) is 0. The highest BCUT2D eigenvalue weighted by atomic mass is 15.2. The van der Waals surface area contributed by atoms with Crippen LogP contribution in [0.25, 0.3) is 0 Å². The van der Waals surface area contributed by atoms with Crippen molar-refractivity contribution >= 4 is 5.95 Å². The minimum Gasteiger partial charge on any atom is -0.349 e. The van der Waals surface area contributed by atoms with E-state index in [4.69, 9.17) is 0 Å². The lowest BCUT2D eigenvalue weighted by Gasteiger charge is -2.15. The summed E-state index contributed by atoms with van der Waals surface area (Å²) in [6.45, 7) is 12.8. The van der Waals surface area contributed by atoms with Crippen LogP contribution in [0.5, 0.6) is 0 Å². The summed E-state index contributed by atoms with van der Waals surface area (Å²) in [5.41, 5.74) is 2.04. The van der Waals surface area contributed by atoms with Gasteiger partial charge in [-0.2, -0.15) is 0 Å². The smallest absolute Gasteiger partial charge is 0.223 e. The molecule has 16 heavy (non-hydrogen) atoms. The van der Waals surface area contributed by atoms with Gasteiger partial charge in [-0.1, -0.05) is 0 Å². The number of rotatable bonds is 6. The highest BCUT2D eigenvalue weighted by Crippen LogP contribution is 2.02. The third-order valence-electron chi connectivity index (χ3n) is 2.74. The quantitative estimate of drug-likeness (QED) is 0.735. The molecule has 0 saturated carbocycles. The number of hydrogen-bond donors (Lipinski definition) is 2. The summed E-state index contributed by atoms with van der Waals surface area (Å²) in [6, 6.07) is 1.99. The van der Waals surface area contributed by atoms with E-state index in [2.05, 4.69) is 29.1 Å². The molecule has 1 rings (SSSR count). The molecular weight excluding hydrogens is 200 g/mol. The van der Waals surface area contributed by atoms with Crippen molar-refractivity contribution in [2.75, 3.05) is 31.5 Å². The SMILES string of the molecule is CC[NH+](CC)CCNc1nc(C)cc(C)n1. The predicted molar refractivity (Wildman–Crippen MR) is 66.9 cm³/mol. The van der Waals surface area contributed by atoms with Crippen molar-refractivity contribution in [3.63, 3.8) is 0 Å². The fourth-order valence-electron chi connectivity index (χ4n) is 1.76. The van der Waals surface area contributed by atoms with Gasteiger partial charge in [-0.05, 0) is 33.8 Å². The van der Waals surface area contributed by atoms with Crippen molar-refractivity contribution in [2.24, 2.45) is 0 Å². The Morgan fingerprint density at radius 3 is 2.19 bits per heavy atom. The highest BCUT2D eigenvalue weighted by Gasteiger charge is 2.03. The van der Waals surface area contributed by atoms with Crippen LogP contribution in [-0.2, 0) is 0 Å². The molecular formula is C12H23N4+. The molecule has 0 aliphatic heterocycles. The van der Waals surface area contributed by atoms with Crippen molar-refractivity contribution in [1.82, 2.24) is 9.97 Å². The second kappa shape index (κ2) is 6.43. The van der Waals surface area contributed by atoms with E-state index in [1.54, 1.807) is 4.90 Å². The molecule has 4 nitrogen and oxygen atoms in total. The molecule has 0 atom stereocenters. The maximum atomic E-state index is 4.35. The van der Waals surface area contributed by atoms with Crippen LogP contribution in [0.1, 0.15) is 25.2 Å². The Hall–Kier alpha value is -1.16. The van der Waals surface area contributed by atoms with Crippen molar-refractivity contribution in [2.45, 2.75) is 27.7 Å². The Kier molecular flexibility index (Phi) is 5.19. The van der Waals surface area contributed by atoms with Gasteiger partial charge in [-0.25, -0.2) is 9.97 Å². The van der Waals surface area contributed by atoms with Gasteiger partial charge in [0, 0.05) is 11.4 Å². The van der Waals surface area contributed by atoms with E-state index >= 15 is 0 Å². The average molecular weight is 223 g/mol. The van der Waals surface area contributed by atoms with E-state index < -0.39 is 0 Å².